The van der Waals surface area contributed by atoms with Crippen molar-refractivity contribution in [1.29, 1.82) is 0 Å². The number of hydrogen-bond acceptors (Lipinski definition) is 8. The molecule has 2 aliphatic rings. The highest BCUT2D eigenvalue weighted by Crippen LogP contribution is 2.32. The maximum Gasteiger partial charge on any atom is 0.373 e. The lowest BCUT2D eigenvalue weighted by Gasteiger charge is -2.25. The van der Waals surface area contributed by atoms with Gasteiger partial charge in [0.15, 0.2) is 5.58 Å². The number of oxazole rings is 1. The van der Waals surface area contributed by atoms with Crippen LogP contribution in [0.25, 0.3) is 44.6 Å². The highest BCUT2D eigenvalue weighted by molar-refractivity contribution is 6.31. The molecular weight excluding hydrogens is 594 g/mol. The lowest BCUT2D eigenvalue weighted by molar-refractivity contribution is -0.191. The molecule has 2 fully saturated rings. The number of ether oxygens (including phenoxy) is 2. The summed E-state index contributed by atoms with van der Waals surface area (Å²) < 4.78 is 21.5. The largest absolute Gasteiger partial charge is 0.436 e. The molecule has 2 saturated heterocycles. The van der Waals surface area contributed by atoms with E-state index in [-0.39, 0.29) is 6.15 Å². The maximum atomic E-state index is 8.12. The fourth-order valence-corrected chi connectivity index (χ4v) is 6.52. The number of halogens is 1. The van der Waals surface area contributed by atoms with Gasteiger partial charge in [0.25, 0.3) is 0 Å². The van der Waals surface area contributed by atoms with Gasteiger partial charge in [-0.15, -0.1) is 0 Å². The van der Waals surface area contributed by atoms with Gasteiger partial charge in [0, 0.05) is 49.1 Å². The van der Waals surface area contributed by atoms with E-state index in [9.17, 15) is 0 Å². The Bertz CT molecular complexity index is 1960. The van der Waals surface area contributed by atoms with Crippen LogP contribution >= 0.6 is 11.6 Å². The van der Waals surface area contributed by atoms with Crippen molar-refractivity contribution in [3.8, 4) is 11.5 Å². The average Bonchev–Trinajstić information content (AvgIpc) is 3.73. The van der Waals surface area contributed by atoms with Crippen LogP contribution in [-0.4, -0.2) is 56.7 Å². The van der Waals surface area contributed by atoms with Crippen molar-refractivity contribution in [2.24, 2.45) is 0 Å². The van der Waals surface area contributed by atoms with Crippen molar-refractivity contribution in [3.63, 3.8) is 0 Å². The molecule has 6 aromatic rings. The van der Waals surface area contributed by atoms with E-state index in [1.54, 1.807) is 6.07 Å². The first-order valence-electron chi connectivity index (χ1n) is 15.1. The summed E-state index contributed by atoms with van der Waals surface area (Å²) in [4.78, 5) is 30.2. The lowest BCUT2D eigenvalue weighted by atomic mass is 10.1. The highest BCUT2D eigenvalue weighted by Gasteiger charge is 2.21. The number of aryl methyl sites for hydroxylation is 2. The quantitative estimate of drug-likeness (QED) is 0.201. The van der Waals surface area contributed by atoms with Gasteiger partial charge in [-0.25, -0.2) is 15.0 Å². The molecule has 5 heterocycles. The zero-order chi connectivity index (χ0) is 31.3. The minimum absolute atomic E-state index is 0.250. The van der Waals surface area contributed by atoms with Crippen LogP contribution in [0.4, 0.5) is 0 Å². The van der Waals surface area contributed by atoms with Crippen LogP contribution in [0.3, 0.4) is 0 Å². The normalized spacial score (nSPS) is 15.8. The Hall–Kier alpha value is -4.34. The minimum Gasteiger partial charge on any atom is -0.436 e. The van der Waals surface area contributed by atoms with Gasteiger partial charge in [-0.2, -0.15) is 9.59 Å². The Morgan fingerprint density at radius 3 is 1.93 bits per heavy atom. The standard InChI is InChI=1S/C20H18ClN3O2.C13H16N2O.CO2/c1-12-22-16-10-13(20-23-17-11-14(21)3-5-19(17)26-20)2-4-18(16)24(12)15-6-8-25-9-7-15;1-10-14-12-4-2-3-5-13(12)15(10)11-6-8-16-9-7-11;2-1-3/h2-5,10-11,15H,6-9H2,1H3;2-5,11H,6-9H2,1H3;. The molecule has 8 rings (SSSR count). The van der Waals surface area contributed by atoms with Gasteiger partial charge in [0.1, 0.15) is 17.2 Å². The Morgan fingerprint density at radius 2 is 1.29 bits per heavy atom. The lowest BCUT2D eigenvalue weighted by Crippen LogP contribution is -2.20. The van der Waals surface area contributed by atoms with E-state index >= 15 is 0 Å². The molecule has 10 nitrogen and oxygen atoms in total. The first kappa shape index (κ1) is 30.7. The fraction of sp³-hybridized carbons (Fsp3) is 0.353. The van der Waals surface area contributed by atoms with Crippen molar-refractivity contribution in [1.82, 2.24) is 24.1 Å². The molecule has 0 spiro atoms. The van der Waals surface area contributed by atoms with Gasteiger partial charge in [0.05, 0.1) is 22.1 Å². The first-order valence-corrected chi connectivity index (χ1v) is 15.5. The van der Waals surface area contributed by atoms with Gasteiger partial charge < -0.3 is 23.0 Å². The van der Waals surface area contributed by atoms with Crippen LogP contribution in [0.5, 0.6) is 0 Å². The molecule has 0 unspecified atom stereocenters. The number of para-hydroxylation sites is 2. The van der Waals surface area contributed by atoms with Crippen LogP contribution in [0, 0.1) is 13.8 Å². The Kier molecular flexibility index (Phi) is 9.37. The SMILES string of the molecule is Cc1nc2cc(-c3nc4cc(Cl)ccc4o3)ccc2n1C1CCOCC1.Cc1nc2ccccc2n1C1CCOCC1.O=C=O. The zero-order valence-electron chi connectivity index (χ0n) is 25.2. The molecular formula is C34H34ClN5O5. The molecule has 2 aliphatic heterocycles. The molecule has 0 saturated carbocycles. The van der Waals surface area contributed by atoms with Crippen molar-refractivity contribution in [2.75, 3.05) is 26.4 Å². The third-order valence-electron chi connectivity index (χ3n) is 8.35. The summed E-state index contributed by atoms with van der Waals surface area (Å²) in [6.07, 6.45) is 4.50. The molecule has 0 aliphatic carbocycles. The molecule has 3 aromatic heterocycles. The van der Waals surface area contributed by atoms with Gasteiger partial charge in [-0.1, -0.05) is 23.7 Å². The number of carbonyl (C=O) groups excluding carboxylic acids is 2. The van der Waals surface area contributed by atoms with Crippen LogP contribution in [0.15, 0.2) is 65.1 Å². The number of imidazole rings is 2. The van der Waals surface area contributed by atoms with E-state index in [2.05, 4.69) is 57.2 Å². The molecule has 45 heavy (non-hydrogen) atoms. The van der Waals surface area contributed by atoms with Gasteiger partial charge in [0.2, 0.25) is 5.89 Å². The average molecular weight is 628 g/mol. The summed E-state index contributed by atoms with van der Waals surface area (Å²) in [6, 6.07) is 21.0. The van der Waals surface area contributed by atoms with Crippen molar-refractivity contribution in [2.45, 2.75) is 51.6 Å². The van der Waals surface area contributed by atoms with E-state index in [1.165, 1.54) is 5.52 Å². The van der Waals surface area contributed by atoms with Crippen molar-refractivity contribution in [3.05, 3.63) is 77.3 Å². The molecule has 0 amide bonds. The second-order valence-corrected chi connectivity index (χ2v) is 11.6. The highest BCUT2D eigenvalue weighted by atomic mass is 35.5. The molecule has 0 radical (unpaired) electrons. The topological polar surface area (TPSA) is 114 Å². The fourth-order valence-electron chi connectivity index (χ4n) is 6.35. The predicted molar refractivity (Wildman–Crippen MR) is 170 cm³/mol. The molecule has 11 heteroatoms. The number of aromatic nitrogens is 5. The number of benzene rings is 3. The molecule has 232 valence electrons. The van der Waals surface area contributed by atoms with Crippen LogP contribution in [0.1, 0.15) is 49.4 Å². The van der Waals surface area contributed by atoms with Crippen LogP contribution < -0.4 is 0 Å². The van der Waals surface area contributed by atoms with E-state index < -0.39 is 0 Å². The Morgan fingerprint density at radius 1 is 0.711 bits per heavy atom. The molecule has 0 bridgehead atoms. The van der Waals surface area contributed by atoms with E-state index in [4.69, 9.17) is 40.1 Å². The van der Waals surface area contributed by atoms with E-state index in [0.29, 0.717) is 23.0 Å². The van der Waals surface area contributed by atoms with Gasteiger partial charge in [-0.3, -0.25) is 0 Å². The summed E-state index contributed by atoms with van der Waals surface area (Å²) in [5, 5.41) is 0.652. The number of rotatable bonds is 3. The Labute approximate surface area is 264 Å². The molecule has 0 atom stereocenters. The smallest absolute Gasteiger partial charge is 0.373 e. The number of fused-ring (bicyclic) bond motifs is 3. The summed E-state index contributed by atoms with van der Waals surface area (Å²) in [7, 11) is 0. The summed E-state index contributed by atoms with van der Waals surface area (Å²) in [5.41, 5.74) is 6.88. The third kappa shape index (κ3) is 6.55. The maximum absolute atomic E-state index is 8.12. The summed E-state index contributed by atoms with van der Waals surface area (Å²) >= 11 is 6.04. The monoisotopic (exact) mass is 627 g/mol. The van der Waals surface area contributed by atoms with Crippen LogP contribution in [0.2, 0.25) is 5.02 Å². The molecule has 3 aromatic carbocycles. The van der Waals surface area contributed by atoms with Crippen molar-refractivity contribution < 1.29 is 23.5 Å². The van der Waals surface area contributed by atoms with E-state index in [1.807, 2.05) is 30.3 Å². The minimum atomic E-state index is 0.250. The Balaban J connectivity index is 0.000000161. The third-order valence-corrected chi connectivity index (χ3v) is 8.58. The number of hydrogen-bond donors (Lipinski definition) is 0. The van der Waals surface area contributed by atoms with Gasteiger partial charge in [-0.05, 0) is 88.1 Å². The first-order chi connectivity index (χ1) is 22.0. The second-order valence-electron chi connectivity index (χ2n) is 11.2. The second kappa shape index (κ2) is 13.7. The predicted octanol–water partition coefficient (Wildman–Crippen LogP) is 7.27. The van der Waals surface area contributed by atoms with E-state index in [0.717, 1.165) is 97.0 Å². The van der Waals surface area contributed by atoms with Gasteiger partial charge >= 0.3 is 6.15 Å². The summed E-state index contributed by atoms with van der Waals surface area (Å²) in [6.45, 7) is 7.53. The molecule has 0 N–H and O–H groups in total. The van der Waals surface area contributed by atoms with Crippen LogP contribution in [-0.2, 0) is 19.1 Å². The van der Waals surface area contributed by atoms with Crippen molar-refractivity contribution >= 4 is 50.9 Å². The summed E-state index contributed by atoms with van der Waals surface area (Å²) in [5.74, 6) is 2.74. The zero-order valence-corrected chi connectivity index (χ0v) is 26.0. The number of nitrogens with zero attached hydrogens (tertiary/aromatic N) is 5.